The molecular formula is C17H23NO. The molecular weight excluding hydrogens is 234 g/mol. The summed E-state index contributed by atoms with van der Waals surface area (Å²) in [6.45, 7) is 4.20. The maximum Gasteiger partial charge on any atom is 0.223 e. The van der Waals surface area contributed by atoms with E-state index in [-0.39, 0.29) is 17.9 Å². The van der Waals surface area contributed by atoms with E-state index in [0.29, 0.717) is 0 Å². The number of rotatable bonds is 4. The minimum absolute atomic E-state index is 0.138. The van der Waals surface area contributed by atoms with Crippen LogP contribution in [0, 0.1) is 12.8 Å². The number of nitrogens with one attached hydrogen (secondary N) is 1. The Kier molecular flexibility index (Phi) is 4.78. The lowest BCUT2D eigenvalue weighted by atomic mass is 9.92. The highest BCUT2D eigenvalue weighted by molar-refractivity contribution is 5.79. The molecule has 19 heavy (non-hydrogen) atoms. The molecule has 2 heteroatoms. The van der Waals surface area contributed by atoms with Gasteiger partial charge in [0.25, 0.3) is 0 Å². The first-order chi connectivity index (χ1) is 9.20. The average molecular weight is 257 g/mol. The van der Waals surface area contributed by atoms with Gasteiger partial charge < -0.3 is 5.32 Å². The first-order valence-electron chi connectivity index (χ1n) is 7.22. The van der Waals surface area contributed by atoms with Crippen LogP contribution in [0.1, 0.15) is 49.8 Å². The Labute approximate surface area is 115 Å². The summed E-state index contributed by atoms with van der Waals surface area (Å²) in [5, 5.41) is 3.20. The predicted molar refractivity (Wildman–Crippen MR) is 78.8 cm³/mol. The molecule has 0 saturated carbocycles. The van der Waals surface area contributed by atoms with Gasteiger partial charge in [-0.25, -0.2) is 0 Å². The highest BCUT2D eigenvalue weighted by Gasteiger charge is 2.21. The van der Waals surface area contributed by atoms with Crippen LogP contribution < -0.4 is 5.32 Å². The molecule has 1 aromatic rings. The van der Waals surface area contributed by atoms with E-state index in [1.807, 2.05) is 0 Å². The minimum Gasteiger partial charge on any atom is -0.349 e. The smallest absolute Gasteiger partial charge is 0.223 e. The molecule has 0 aromatic heterocycles. The maximum atomic E-state index is 12.3. The van der Waals surface area contributed by atoms with E-state index in [1.165, 1.54) is 11.1 Å². The zero-order chi connectivity index (χ0) is 13.7. The Morgan fingerprint density at radius 1 is 1.32 bits per heavy atom. The second-order valence-corrected chi connectivity index (χ2v) is 5.36. The molecule has 1 aliphatic rings. The van der Waals surface area contributed by atoms with Gasteiger partial charge in [-0.15, -0.1) is 0 Å². The highest BCUT2D eigenvalue weighted by atomic mass is 16.1. The monoisotopic (exact) mass is 257 g/mol. The van der Waals surface area contributed by atoms with Gasteiger partial charge in [-0.2, -0.15) is 0 Å². The summed E-state index contributed by atoms with van der Waals surface area (Å²) in [5.41, 5.74) is 2.45. The van der Waals surface area contributed by atoms with Crippen LogP contribution in [-0.2, 0) is 4.79 Å². The zero-order valence-corrected chi connectivity index (χ0v) is 11.9. The van der Waals surface area contributed by atoms with Gasteiger partial charge in [0.15, 0.2) is 0 Å². The van der Waals surface area contributed by atoms with E-state index in [1.54, 1.807) is 0 Å². The van der Waals surface area contributed by atoms with Gasteiger partial charge >= 0.3 is 0 Å². The Morgan fingerprint density at radius 2 is 2.05 bits per heavy atom. The van der Waals surface area contributed by atoms with Gasteiger partial charge in [-0.1, -0.05) is 48.9 Å². The molecule has 1 N–H and O–H groups in total. The lowest BCUT2D eigenvalue weighted by Gasteiger charge is -2.23. The molecule has 2 nitrogen and oxygen atoms in total. The Hall–Kier alpha value is -1.57. The van der Waals surface area contributed by atoms with Crippen LogP contribution in [0.5, 0.6) is 0 Å². The molecule has 1 aliphatic carbocycles. The lowest BCUT2D eigenvalue weighted by Crippen LogP contribution is -2.34. The summed E-state index contributed by atoms with van der Waals surface area (Å²) in [4.78, 5) is 12.3. The van der Waals surface area contributed by atoms with Gasteiger partial charge in [-0.05, 0) is 38.2 Å². The van der Waals surface area contributed by atoms with E-state index in [0.717, 1.165) is 25.7 Å². The molecule has 2 unspecified atom stereocenters. The first kappa shape index (κ1) is 13.9. The van der Waals surface area contributed by atoms with Crippen molar-refractivity contribution in [2.24, 2.45) is 5.92 Å². The third-order valence-electron chi connectivity index (χ3n) is 3.84. The zero-order valence-electron chi connectivity index (χ0n) is 11.9. The molecule has 2 atom stereocenters. The molecule has 0 aliphatic heterocycles. The highest BCUT2D eigenvalue weighted by Crippen LogP contribution is 2.22. The van der Waals surface area contributed by atoms with Crippen molar-refractivity contribution in [1.82, 2.24) is 5.32 Å². The van der Waals surface area contributed by atoms with Crippen LogP contribution in [0.2, 0.25) is 0 Å². The topological polar surface area (TPSA) is 29.1 Å². The molecule has 0 fully saturated rings. The average Bonchev–Trinajstić information content (AvgIpc) is 2.46. The van der Waals surface area contributed by atoms with Crippen LogP contribution in [0.3, 0.4) is 0 Å². The van der Waals surface area contributed by atoms with Crippen LogP contribution in [-0.4, -0.2) is 5.91 Å². The van der Waals surface area contributed by atoms with E-state index in [9.17, 15) is 4.79 Å². The summed E-state index contributed by atoms with van der Waals surface area (Å²) in [7, 11) is 0. The van der Waals surface area contributed by atoms with Crippen molar-refractivity contribution in [3.8, 4) is 0 Å². The summed E-state index contributed by atoms with van der Waals surface area (Å²) < 4.78 is 0. The van der Waals surface area contributed by atoms with E-state index in [2.05, 4.69) is 55.6 Å². The van der Waals surface area contributed by atoms with E-state index in [4.69, 9.17) is 0 Å². The standard InChI is InChI=1S/C17H23NO/c1-3-16(14-11-9-13(2)10-12-14)18-17(19)15-7-5-4-6-8-15/h4-5,9-12,15-16H,3,6-8H2,1-2H3,(H,18,19). The number of allylic oxidation sites excluding steroid dienone is 2. The molecule has 0 heterocycles. The number of carbonyl (C=O) groups is 1. The fraction of sp³-hybridized carbons (Fsp3) is 0.471. The summed E-state index contributed by atoms with van der Waals surface area (Å²) in [6.07, 6.45) is 8.11. The predicted octanol–water partition coefficient (Wildman–Crippen LogP) is 3.92. The number of hydrogen-bond acceptors (Lipinski definition) is 1. The fourth-order valence-corrected chi connectivity index (χ4v) is 2.54. The Bertz CT molecular complexity index is 447. The fourth-order valence-electron chi connectivity index (χ4n) is 2.54. The van der Waals surface area contributed by atoms with Crippen molar-refractivity contribution in [3.63, 3.8) is 0 Å². The first-order valence-corrected chi connectivity index (χ1v) is 7.22. The molecule has 0 radical (unpaired) electrons. The van der Waals surface area contributed by atoms with Crippen molar-refractivity contribution in [2.75, 3.05) is 0 Å². The third-order valence-corrected chi connectivity index (χ3v) is 3.84. The molecule has 0 spiro atoms. The van der Waals surface area contributed by atoms with Crippen molar-refractivity contribution in [1.29, 1.82) is 0 Å². The van der Waals surface area contributed by atoms with Crippen molar-refractivity contribution in [2.45, 2.75) is 45.6 Å². The van der Waals surface area contributed by atoms with E-state index >= 15 is 0 Å². The SMILES string of the molecule is CCC(NC(=O)C1CC=CCC1)c1ccc(C)cc1. The van der Waals surface area contributed by atoms with Crippen molar-refractivity contribution in [3.05, 3.63) is 47.5 Å². The van der Waals surface area contributed by atoms with E-state index < -0.39 is 0 Å². The minimum atomic E-state index is 0.138. The van der Waals surface area contributed by atoms with Crippen LogP contribution in [0.4, 0.5) is 0 Å². The summed E-state index contributed by atoms with van der Waals surface area (Å²) in [5.74, 6) is 0.362. The maximum absolute atomic E-state index is 12.3. The van der Waals surface area contributed by atoms with Crippen LogP contribution in [0.25, 0.3) is 0 Å². The lowest BCUT2D eigenvalue weighted by molar-refractivity contribution is -0.126. The number of benzene rings is 1. The van der Waals surface area contributed by atoms with Gasteiger partial charge in [0.2, 0.25) is 5.91 Å². The normalized spacial score (nSPS) is 20.0. The number of hydrogen-bond donors (Lipinski definition) is 1. The summed E-state index contributed by atoms with van der Waals surface area (Å²) >= 11 is 0. The molecule has 1 amide bonds. The number of carbonyl (C=O) groups excluding carboxylic acids is 1. The van der Waals surface area contributed by atoms with Gasteiger partial charge in [0.05, 0.1) is 6.04 Å². The van der Waals surface area contributed by atoms with Gasteiger partial charge in [0, 0.05) is 5.92 Å². The molecule has 1 aromatic carbocycles. The van der Waals surface area contributed by atoms with Crippen LogP contribution >= 0.6 is 0 Å². The van der Waals surface area contributed by atoms with Gasteiger partial charge in [-0.3, -0.25) is 4.79 Å². The quantitative estimate of drug-likeness (QED) is 0.814. The molecule has 0 saturated heterocycles. The summed E-state index contributed by atoms with van der Waals surface area (Å²) in [6, 6.07) is 8.58. The molecule has 2 rings (SSSR count). The third kappa shape index (κ3) is 3.69. The van der Waals surface area contributed by atoms with Crippen molar-refractivity contribution >= 4 is 5.91 Å². The van der Waals surface area contributed by atoms with Crippen LogP contribution in [0.15, 0.2) is 36.4 Å². The Morgan fingerprint density at radius 3 is 2.63 bits per heavy atom. The molecule has 0 bridgehead atoms. The second kappa shape index (κ2) is 6.55. The van der Waals surface area contributed by atoms with Gasteiger partial charge in [0.1, 0.15) is 0 Å². The van der Waals surface area contributed by atoms with Crippen molar-refractivity contribution < 1.29 is 4.79 Å². The molecule has 102 valence electrons. The second-order valence-electron chi connectivity index (χ2n) is 5.36. The Balaban J connectivity index is 2.00. The number of amides is 1. The number of aryl methyl sites for hydroxylation is 1. The largest absolute Gasteiger partial charge is 0.349 e.